The predicted molar refractivity (Wildman–Crippen MR) is 137 cm³/mol. The highest BCUT2D eigenvalue weighted by Gasteiger charge is 2.29. The van der Waals surface area contributed by atoms with Crippen LogP contribution < -0.4 is 20.5 Å². The second-order valence-corrected chi connectivity index (χ2v) is 9.84. The lowest BCUT2D eigenvalue weighted by Gasteiger charge is -2.30. The van der Waals surface area contributed by atoms with Crippen molar-refractivity contribution < 1.29 is 24.1 Å². The molecule has 34 heavy (non-hydrogen) atoms. The van der Waals surface area contributed by atoms with Gasteiger partial charge in [-0.1, -0.05) is 33.8 Å². The topological polar surface area (TPSA) is 103 Å². The summed E-state index contributed by atoms with van der Waals surface area (Å²) in [5.74, 6) is 1.97. The lowest BCUT2D eigenvalue weighted by molar-refractivity contribution is -0.127. The Morgan fingerprint density at radius 3 is 2.32 bits per heavy atom. The van der Waals surface area contributed by atoms with E-state index >= 15 is 0 Å². The summed E-state index contributed by atoms with van der Waals surface area (Å²) in [6.45, 7) is 12.1. The molecule has 0 bridgehead atoms. The monoisotopic (exact) mass is 480 g/mol. The van der Waals surface area contributed by atoms with E-state index in [1.54, 1.807) is 14.2 Å². The predicted octanol–water partition coefficient (Wildman–Crippen LogP) is 3.80. The molecule has 4 atom stereocenters. The molecule has 1 aromatic rings. The first-order valence-electron chi connectivity index (χ1n) is 12.6. The van der Waals surface area contributed by atoms with Gasteiger partial charge in [-0.05, 0) is 61.6 Å². The van der Waals surface area contributed by atoms with E-state index in [9.17, 15) is 9.90 Å². The summed E-state index contributed by atoms with van der Waals surface area (Å²) in [6.07, 6.45) is 1.94. The Bertz CT molecular complexity index is 710. The first-order chi connectivity index (χ1) is 16.1. The Kier molecular flexibility index (Phi) is 14.2. The molecule has 0 radical (unpaired) electrons. The van der Waals surface area contributed by atoms with Gasteiger partial charge in [0.1, 0.15) is 0 Å². The number of carbonyl (C=O) groups is 1. The molecule has 1 aromatic carbocycles. The van der Waals surface area contributed by atoms with Crippen LogP contribution in [0.4, 0.5) is 0 Å². The highest BCUT2D eigenvalue weighted by Crippen LogP contribution is 2.31. The van der Waals surface area contributed by atoms with Crippen LogP contribution in [0.3, 0.4) is 0 Å². The Labute approximate surface area is 206 Å². The fourth-order valence-electron chi connectivity index (χ4n) is 4.17. The summed E-state index contributed by atoms with van der Waals surface area (Å²) in [5.41, 5.74) is 7.61. The van der Waals surface area contributed by atoms with Gasteiger partial charge in [-0.15, -0.1) is 0 Å². The third-order valence-corrected chi connectivity index (χ3v) is 6.48. The summed E-state index contributed by atoms with van der Waals surface area (Å²) in [7, 11) is 3.32. The van der Waals surface area contributed by atoms with Crippen LogP contribution in [-0.2, 0) is 16.0 Å². The second kappa shape index (κ2) is 16.0. The van der Waals surface area contributed by atoms with Gasteiger partial charge in [0.2, 0.25) is 5.91 Å². The largest absolute Gasteiger partial charge is 0.493 e. The maximum atomic E-state index is 12.4. The number of aliphatic hydroxyl groups excluding tert-OH is 1. The van der Waals surface area contributed by atoms with E-state index in [1.165, 1.54) is 0 Å². The lowest BCUT2D eigenvalue weighted by Crippen LogP contribution is -2.42. The highest BCUT2D eigenvalue weighted by molar-refractivity contribution is 5.78. The highest BCUT2D eigenvalue weighted by atomic mass is 16.5. The summed E-state index contributed by atoms with van der Waals surface area (Å²) in [5, 5.41) is 13.7. The van der Waals surface area contributed by atoms with Crippen LogP contribution >= 0.6 is 0 Å². The normalized spacial score (nSPS) is 15.1. The number of ether oxygens (including phenoxy) is 3. The van der Waals surface area contributed by atoms with E-state index in [0.717, 1.165) is 24.2 Å². The number of benzene rings is 1. The third-order valence-electron chi connectivity index (χ3n) is 6.48. The molecule has 0 saturated carbocycles. The van der Waals surface area contributed by atoms with E-state index in [1.807, 2.05) is 32.9 Å². The van der Waals surface area contributed by atoms with Gasteiger partial charge in [0.05, 0.1) is 19.8 Å². The van der Waals surface area contributed by atoms with Crippen LogP contribution in [0.5, 0.6) is 11.5 Å². The van der Waals surface area contributed by atoms with Crippen LogP contribution in [0.2, 0.25) is 0 Å². The van der Waals surface area contributed by atoms with Crippen molar-refractivity contribution in [2.75, 3.05) is 34.0 Å². The summed E-state index contributed by atoms with van der Waals surface area (Å²) in [6, 6.07) is 5.63. The van der Waals surface area contributed by atoms with Crippen LogP contribution in [-0.4, -0.2) is 57.1 Å². The molecule has 0 aliphatic heterocycles. The van der Waals surface area contributed by atoms with Crippen molar-refractivity contribution >= 4 is 5.91 Å². The number of aliphatic hydroxyl groups is 1. The zero-order valence-electron chi connectivity index (χ0n) is 22.3. The van der Waals surface area contributed by atoms with Crippen molar-refractivity contribution in [2.45, 2.75) is 72.4 Å². The molecule has 0 aromatic heterocycles. The van der Waals surface area contributed by atoms with E-state index in [0.29, 0.717) is 44.3 Å². The van der Waals surface area contributed by atoms with Gasteiger partial charge in [0.15, 0.2) is 11.5 Å². The van der Waals surface area contributed by atoms with Gasteiger partial charge in [0.25, 0.3) is 0 Å². The average molecular weight is 481 g/mol. The summed E-state index contributed by atoms with van der Waals surface area (Å²) in [4.78, 5) is 12.4. The number of rotatable bonds is 17. The fourth-order valence-corrected chi connectivity index (χ4v) is 4.17. The molecule has 0 saturated heterocycles. The van der Waals surface area contributed by atoms with Crippen LogP contribution in [0, 0.1) is 23.7 Å². The maximum Gasteiger partial charge on any atom is 0.223 e. The van der Waals surface area contributed by atoms with Gasteiger partial charge < -0.3 is 30.4 Å². The van der Waals surface area contributed by atoms with E-state index in [2.05, 4.69) is 25.2 Å². The Balaban J connectivity index is 2.85. The molecule has 0 aliphatic carbocycles. The third kappa shape index (κ3) is 10.2. The molecule has 0 unspecified atom stereocenters. The van der Waals surface area contributed by atoms with Crippen LogP contribution in [0.1, 0.15) is 59.4 Å². The van der Waals surface area contributed by atoms with E-state index in [-0.39, 0.29) is 23.7 Å². The quantitative estimate of drug-likeness (QED) is 0.293. The van der Waals surface area contributed by atoms with Crippen molar-refractivity contribution in [3.63, 3.8) is 0 Å². The Morgan fingerprint density at radius 2 is 1.76 bits per heavy atom. The van der Waals surface area contributed by atoms with Crippen molar-refractivity contribution in [3.05, 3.63) is 23.8 Å². The van der Waals surface area contributed by atoms with Gasteiger partial charge >= 0.3 is 0 Å². The molecule has 7 nitrogen and oxygen atoms in total. The zero-order chi connectivity index (χ0) is 25.7. The number of methoxy groups -OCH3 is 2. The van der Waals surface area contributed by atoms with E-state index in [4.69, 9.17) is 19.9 Å². The first-order valence-corrected chi connectivity index (χ1v) is 12.6. The molecule has 0 spiro atoms. The minimum Gasteiger partial charge on any atom is -0.493 e. The standard InChI is InChI=1S/C27H48N2O5/c1-8-29-27(31)22(19(4)5)17-24(30)23(28)16-21(18(2)3)14-20-10-11-25(33-7)26(15-20)34-13-9-12-32-6/h10-11,15,18-19,21-24,30H,8-9,12-14,16-17,28H2,1-7H3,(H,29,31)/t21-,22-,23-,24-/m0/s1. The molecular formula is C27H48N2O5. The van der Waals surface area contributed by atoms with Gasteiger partial charge in [-0.2, -0.15) is 0 Å². The number of hydrogen-bond acceptors (Lipinski definition) is 6. The SMILES string of the molecule is CCNC(=O)[C@@H](C[C@H](O)[C@@H](N)C[C@H](Cc1ccc(OC)c(OCCCOC)c1)C(C)C)C(C)C. The Hall–Kier alpha value is -1.83. The number of carbonyl (C=O) groups excluding carboxylic acids is 1. The molecule has 4 N–H and O–H groups in total. The molecule has 1 amide bonds. The van der Waals surface area contributed by atoms with Crippen molar-refractivity contribution in [1.29, 1.82) is 0 Å². The van der Waals surface area contributed by atoms with Gasteiger partial charge in [-0.25, -0.2) is 0 Å². The van der Waals surface area contributed by atoms with Crippen molar-refractivity contribution in [1.82, 2.24) is 5.32 Å². The minimum atomic E-state index is -0.730. The molecule has 196 valence electrons. The van der Waals surface area contributed by atoms with Crippen LogP contribution in [0.15, 0.2) is 18.2 Å². The molecular weight excluding hydrogens is 432 g/mol. The fraction of sp³-hybridized carbons (Fsp3) is 0.741. The molecule has 7 heteroatoms. The minimum absolute atomic E-state index is 0.0135. The maximum absolute atomic E-state index is 12.4. The zero-order valence-corrected chi connectivity index (χ0v) is 22.3. The summed E-state index contributed by atoms with van der Waals surface area (Å²) < 4.78 is 16.5. The van der Waals surface area contributed by atoms with Crippen molar-refractivity contribution in [3.8, 4) is 11.5 Å². The lowest BCUT2D eigenvalue weighted by atomic mass is 9.81. The van der Waals surface area contributed by atoms with Gasteiger partial charge in [-0.3, -0.25) is 4.79 Å². The van der Waals surface area contributed by atoms with Crippen LogP contribution in [0.25, 0.3) is 0 Å². The number of nitrogens with one attached hydrogen (secondary N) is 1. The number of amides is 1. The van der Waals surface area contributed by atoms with Crippen molar-refractivity contribution in [2.24, 2.45) is 29.4 Å². The first kappa shape index (κ1) is 30.2. The number of hydrogen-bond donors (Lipinski definition) is 3. The molecule has 1 rings (SSSR count). The summed E-state index contributed by atoms with van der Waals surface area (Å²) >= 11 is 0. The van der Waals surface area contributed by atoms with Gasteiger partial charge in [0, 0.05) is 38.6 Å². The van der Waals surface area contributed by atoms with E-state index < -0.39 is 12.1 Å². The Morgan fingerprint density at radius 1 is 1.06 bits per heavy atom. The second-order valence-electron chi connectivity index (χ2n) is 9.84. The average Bonchev–Trinajstić information content (AvgIpc) is 2.79. The number of nitrogens with two attached hydrogens (primary N) is 1. The smallest absolute Gasteiger partial charge is 0.223 e. The molecule has 0 aliphatic rings. The molecule has 0 fully saturated rings. The molecule has 0 heterocycles.